The van der Waals surface area contributed by atoms with Gasteiger partial charge in [0.15, 0.2) is 0 Å². The smallest absolute Gasteiger partial charge is 0.250 e. The van der Waals surface area contributed by atoms with Gasteiger partial charge in [-0.25, -0.2) is 0 Å². The van der Waals surface area contributed by atoms with Crippen molar-refractivity contribution in [3.05, 3.63) is 27.1 Å². The summed E-state index contributed by atoms with van der Waals surface area (Å²) >= 11 is 6.83. The van der Waals surface area contributed by atoms with Crippen molar-refractivity contribution >= 4 is 49.4 Å². The number of anilines is 1. The number of benzene rings is 1. The summed E-state index contributed by atoms with van der Waals surface area (Å²) in [5.74, 6) is 0.213. The molecule has 1 saturated carbocycles. The fourth-order valence-electron chi connectivity index (χ4n) is 2.32. The van der Waals surface area contributed by atoms with Crippen LogP contribution in [0.4, 0.5) is 5.69 Å². The van der Waals surface area contributed by atoms with E-state index in [1.807, 2.05) is 18.2 Å². The molecule has 4 nitrogen and oxygen atoms in total. The first-order valence-electron chi connectivity index (χ1n) is 6.12. The monoisotopic (exact) mass is 386 g/mol. The van der Waals surface area contributed by atoms with Gasteiger partial charge in [-0.1, -0.05) is 15.9 Å². The Bertz CT molecular complexity index is 558. The van der Waals surface area contributed by atoms with E-state index >= 15 is 0 Å². The molecule has 3 rings (SSSR count). The average Bonchev–Trinajstić information content (AvgIpc) is 3.16. The molecule has 1 heterocycles. The van der Waals surface area contributed by atoms with E-state index < -0.39 is 0 Å². The fraction of sp³-hybridized carbons (Fsp3) is 0.385. The molecular weight excluding hydrogens is 376 g/mol. The van der Waals surface area contributed by atoms with Crippen LogP contribution in [0.5, 0.6) is 0 Å². The van der Waals surface area contributed by atoms with Crippen molar-refractivity contribution in [1.29, 1.82) is 0 Å². The lowest BCUT2D eigenvalue weighted by molar-refractivity contribution is -0.131. The number of nitrogens with one attached hydrogen (secondary N) is 1. The van der Waals surface area contributed by atoms with Crippen LogP contribution >= 0.6 is 31.9 Å². The van der Waals surface area contributed by atoms with Gasteiger partial charge in [0.05, 0.1) is 5.69 Å². The zero-order valence-corrected chi connectivity index (χ0v) is 13.2. The first kappa shape index (κ1) is 13.1. The highest BCUT2D eigenvalue weighted by Gasteiger charge is 2.43. The third kappa shape index (κ3) is 2.56. The molecule has 1 aromatic carbocycles. The number of piperazine rings is 1. The predicted octanol–water partition coefficient (Wildman–Crippen LogP) is 2.45. The van der Waals surface area contributed by atoms with Crippen LogP contribution in [0.25, 0.3) is 0 Å². The number of nitrogens with zero attached hydrogens (tertiary/aromatic N) is 1. The third-order valence-electron chi connectivity index (χ3n) is 3.44. The minimum Gasteiger partial charge on any atom is -0.342 e. The molecule has 100 valence electrons. The molecule has 2 fully saturated rings. The maximum absolute atomic E-state index is 12.5. The van der Waals surface area contributed by atoms with Gasteiger partial charge >= 0.3 is 0 Å². The summed E-state index contributed by atoms with van der Waals surface area (Å²) in [6, 6.07) is 5.24. The maximum Gasteiger partial charge on any atom is 0.250 e. The second kappa shape index (κ2) is 4.90. The van der Waals surface area contributed by atoms with Crippen molar-refractivity contribution < 1.29 is 9.59 Å². The van der Waals surface area contributed by atoms with E-state index in [4.69, 9.17) is 0 Å². The number of carbonyl (C=O) groups excluding carboxylic acids is 2. The van der Waals surface area contributed by atoms with Gasteiger partial charge in [0.1, 0.15) is 12.6 Å². The van der Waals surface area contributed by atoms with Crippen LogP contribution < -0.4 is 10.2 Å². The lowest BCUT2D eigenvalue weighted by Gasteiger charge is -2.33. The largest absolute Gasteiger partial charge is 0.342 e. The average molecular weight is 388 g/mol. The van der Waals surface area contributed by atoms with Crippen molar-refractivity contribution in [2.45, 2.75) is 18.9 Å². The second-order valence-corrected chi connectivity index (χ2v) is 6.67. The van der Waals surface area contributed by atoms with Gasteiger partial charge in [-0.3, -0.25) is 9.59 Å². The van der Waals surface area contributed by atoms with Gasteiger partial charge in [-0.15, -0.1) is 0 Å². The molecule has 1 N–H and O–H groups in total. The van der Waals surface area contributed by atoms with E-state index in [1.54, 1.807) is 4.90 Å². The van der Waals surface area contributed by atoms with E-state index in [9.17, 15) is 9.59 Å². The fourth-order valence-corrected chi connectivity index (χ4v) is 3.58. The summed E-state index contributed by atoms with van der Waals surface area (Å²) in [6.07, 6.45) is 2.04. The Morgan fingerprint density at radius 1 is 1.21 bits per heavy atom. The Morgan fingerprint density at radius 2 is 1.95 bits per heavy atom. The van der Waals surface area contributed by atoms with Gasteiger partial charge in [-0.2, -0.15) is 0 Å². The molecule has 19 heavy (non-hydrogen) atoms. The Balaban J connectivity index is 1.93. The predicted molar refractivity (Wildman–Crippen MR) is 78.8 cm³/mol. The Morgan fingerprint density at radius 3 is 2.58 bits per heavy atom. The second-order valence-electron chi connectivity index (χ2n) is 4.90. The molecule has 1 aromatic rings. The number of halogens is 2. The van der Waals surface area contributed by atoms with Gasteiger partial charge in [-0.05, 0) is 52.9 Å². The molecule has 0 bridgehead atoms. The standard InChI is InChI=1S/C13H12Br2N2O2/c14-8-3-4-10(9(15)5-8)17-6-11(18)16-12(13(17)19)7-1-2-7/h3-5,7,12H,1-2,6H2,(H,16,18). The Kier molecular flexibility index (Phi) is 3.39. The number of hydrogen-bond acceptors (Lipinski definition) is 2. The van der Waals surface area contributed by atoms with Gasteiger partial charge in [0.2, 0.25) is 11.8 Å². The van der Waals surface area contributed by atoms with Crippen LogP contribution in [-0.4, -0.2) is 24.4 Å². The van der Waals surface area contributed by atoms with Crippen LogP contribution in [0.15, 0.2) is 27.1 Å². The highest BCUT2D eigenvalue weighted by molar-refractivity contribution is 9.11. The van der Waals surface area contributed by atoms with Crippen molar-refractivity contribution in [3.63, 3.8) is 0 Å². The third-order valence-corrected chi connectivity index (χ3v) is 4.57. The van der Waals surface area contributed by atoms with Crippen molar-refractivity contribution in [2.24, 2.45) is 5.92 Å². The van der Waals surface area contributed by atoms with E-state index in [0.717, 1.165) is 27.5 Å². The SMILES string of the molecule is O=C1CN(c2ccc(Br)cc2Br)C(=O)C(C2CC2)N1. The molecule has 1 aliphatic carbocycles. The summed E-state index contributed by atoms with van der Waals surface area (Å²) in [4.78, 5) is 25.8. The van der Waals surface area contributed by atoms with Gasteiger partial charge in [0, 0.05) is 8.95 Å². The highest BCUT2D eigenvalue weighted by atomic mass is 79.9. The van der Waals surface area contributed by atoms with Crippen molar-refractivity contribution in [2.75, 3.05) is 11.4 Å². The Labute approximate surface area is 127 Å². The molecule has 0 radical (unpaired) electrons. The van der Waals surface area contributed by atoms with Crippen LogP contribution in [0.2, 0.25) is 0 Å². The Hall–Kier alpha value is -0.880. The zero-order chi connectivity index (χ0) is 13.6. The minimum absolute atomic E-state index is 0.00915. The van der Waals surface area contributed by atoms with Crippen LogP contribution in [-0.2, 0) is 9.59 Å². The molecule has 1 aliphatic heterocycles. The number of hydrogen-bond donors (Lipinski definition) is 1. The van der Waals surface area contributed by atoms with E-state index in [2.05, 4.69) is 37.2 Å². The van der Waals surface area contributed by atoms with Gasteiger partial charge < -0.3 is 10.2 Å². The summed E-state index contributed by atoms with van der Waals surface area (Å²) in [5, 5.41) is 2.80. The molecule has 0 aromatic heterocycles. The van der Waals surface area contributed by atoms with Crippen LogP contribution in [0.3, 0.4) is 0 Å². The van der Waals surface area contributed by atoms with E-state index in [1.165, 1.54) is 0 Å². The maximum atomic E-state index is 12.5. The molecule has 0 spiro atoms. The minimum atomic E-state index is -0.350. The molecule has 1 unspecified atom stereocenters. The molecule has 2 amide bonds. The van der Waals surface area contributed by atoms with Crippen molar-refractivity contribution in [3.8, 4) is 0 Å². The summed E-state index contributed by atoms with van der Waals surface area (Å²) in [7, 11) is 0. The van der Waals surface area contributed by atoms with Crippen LogP contribution in [0, 0.1) is 5.92 Å². The van der Waals surface area contributed by atoms with Crippen molar-refractivity contribution in [1.82, 2.24) is 5.32 Å². The topological polar surface area (TPSA) is 49.4 Å². The molecule has 6 heteroatoms. The molecule has 1 atom stereocenters. The van der Waals surface area contributed by atoms with Gasteiger partial charge in [0.25, 0.3) is 0 Å². The summed E-state index contributed by atoms with van der Waals surface area (Å²) in [6.45, 7) is 0.0856. The molecular formula is C13H12Br2N2O2. The quantitative estimate of drug-likeness (QED) is 0.847. The number of carbonyl (C=O) groups is 2. The lowest BCUT2D eigenvalue weighted by atomic mass is 10.1. The highest BCUT2D eigenvalue weighted by Crippen LogP contribution is 2.37. The normalized spacial score (nSPS) is 23.5. The lowest BCUT2D eigenvalue weighted by Crippen LogP contribution is -2.59. The van der Waals surface area contributed by atoms with E-state index in [-0.39, 0.29) is 24.4 Å². The number of rotatable bonds is 2. The molecule has 1 saturated heterocycles. The first-order valence-corrected chi connectivity index (χ1v) is 7.70. The summed E-state index contributed by atoms with van der Waals surface area (Å²) in [5.41, 5.74) is 0.744. The number of amides is 2. The van der Waals surface area contributed by atoms with E-state index in [0.29, 0.717) is 5.92 Å². The summed E-state index contributed by atoms with van der Waals surface area (Å²) < 4.78 is 1.73. The first-order chi connectivity index (χ1) is 9.06. The van der Waals surface area contributed by atoms with Crippen LogP contribution in [0.1, 0.15) is 12.8 Å². The zero-order valence-electron chi connectivity index (χ0n) is 10.0. The molecule has 2 aliphatic rings.